The number of rotatable bonds is 8. The third-order valence-corrected chi connectivity index (χ3v) is 3.91. The van der Waals surface area contributed by atoms with E-state index >= 15 is 0 Å². The molecule has 0 amide bonds. The third-order valence-electron chi connectivity index (χ3n) is 3.91. The fourth-order valence-corrected chi connectivity index (χ4v) is 2.46. The van der Waals surface area contributed by atoms with Crippen molar-refractivity contribution in [3.63, 3.8) is 0 Å². The average Bonchev–Trinajstić information content (AvgIpc) is 2.38. The van der Waals surface area contributed by atoms with Crippen molar-refractivity contribution in [2.75, 3.05) is 13.2 Å². The van der Waals surface area contributed by atoms with Crippen LogP contribution in [0.15, 0.2) is 24.3 Å². The first-order valence-electron chi connectivity index (χ1n) is 7.12. The van der Waals surface area contributed by atoms with Crippen LogP contribution in [-0.4, -0.2) is 19.6 Å². The van der Waals surface area contributed by atoms with E-state index in [9.17, 15) is 8.78 Å². The van der Waals surface area contributed by atoms with Crippen LogP contribution in [0, 0.1) is 0 Å². The van der Waals surface area contributed by atoms with E-state index in [1.165, 1.54) is 24.8 Å². The number of nitrogens with two attached hydrogens (primary N) is 1. The maximum absolute atomic E-state index is 12.0. The second kappa shape index (κ2) is 7.67. The summed E-state index contributed by atoms with van der Waals surface area (Å²) in [6, 6.07) is 8.34. The molecule has 0 heterocycles. The van der Waals surface area contributed by atoms with Crippen LogP contribution in [0.2, 0.25) is 0 Å². The topological polar surface area (TPSA) is 47.3 Å². The standard InChI is InChI=1S/C15H22F2N2O/c16-15(17)10-20-9-8-14(19-18)13-6-4-12(5-7-13)11-2-1-3-11/h4-7,11,14-15,19H,1-3,8-10,18H2. The van der Waals surface area contributed by atoms with Gasteiger partial charge in [0.05, 0.1) is 0 Å². The van der Waals surface area contributed by atoms with Crippen LogP contribution in [0.3, 0.4) is 0 Å². The van der Waals surface area contributed by atoms with Crippen LogP contribution in [0.1, 0.15) is 48.8 Å². The molecule has 1 aliphatic carbocycles. The summed E-state index contributed by atoms with van der Waals surface area (Å²) in [7, 11) is 0. The van der Waals surface area contributed by atoms with Gasteiger partial charge in [-0.25, -0.2) is 8.78 Å². The average molecular weight is 284 g/mol. The van der Waals surface area contributed by atoms with Crippen LogP contribution in [0.4, 0.5) is 8.78 Å². The van der Waals surface area contributed by atoms with Crippen molar-refractivity contribution in [3.05, 3.63) is 35.4 Å². The molecular weight excluding hydrogens is 262 g/mol. The number of ether oxygens (including phenoxy) is 1. The molecule has 0 saturated heterocycles. The minimum Gasteiger partial charge on any atom is -0.375 e. The Bertz CT molecular complexity index is 393. The van der Waals surface area contributed by atoms with Crippen molar-refractivity contribution < 1.29 is 13.5 Å². The number of halogens is 2. The van der Waals surface area contributed by atoms with Crippen molar-refractivity contribution in [1.82, 2.24) is 5.43 Å². The molecule has 0 spiro atoms. The largest absolute Gasteiger partial charge is 0.375 e. The summed E-state index contributed by atoms with van der Waals surface area (Å²) >= 11 is 0. The van der Waals surface area contributed by atoms with E-state index in [1.54, 1.807) is 0 Å². The molecular formula is C15H22F2N2O. The zero-order valence-corrected chi connectivity index (χ0v) is 11.5. The Labute approximate surface area is 118 Å². The number of hydrazine groups is 1. The second-order valence-electron chi connectivity index (χ2n) is 5.27. The quantitative estimate of drug-likeness (QED) is 0.438. The Morgan fingerprint density at radius 3 is 2.45 bits per heavy atom. The molecule has 112 valence electrons. The Balaban J connectivity index is 1.83. The van der Waals surface area contributed by atoms with Gasteiger partial charge in [0.1, 0.15) is 6.61 Å². The van der Waals surface area contributed by atoms with Gasteiger partial charge in [0.15, 0.2) is 0 Å². The Morgan fingerprint density at radius 1 is 1.25 bits per heavy atom. The lowest BCUT2D eigenvalue weighted by atomic mass is 9.80. The first-order valence-corrected chi connectivity index (χ1v) is 7.12. The lowest BCUT2D eigenvalue weighted by Crippen LogP contribution is -2.29. The molecule has 3 N–H and O–H groups in total. The van der Waals surface area contributed by atoms with Crippen LogP contribution < -0.4 is 11.3 Å². The van der Waals surface area contributed by atoms with E-state index < -0.39 is 13.0 Å². The first-order chi connectivity index (χ1) is 9.70. The molecule has 1 atom stereocenters. The van der Waals surface area contributed by atoms with Gasteiger partial charge in [-0.3, -0.25) is 11.3 Å². The smallest absolute Gasteiger partial charge is 0.261 e. The van der Waals surface area contributed by atoms with E-state index in [1.807, 2.05) is 0 Å². The zero-order chi connectivity index (χ0) is 14.4. The Kier molecular flexibility index (Phi) is 5.88. The van der Waals surface area contributed by atoms with E-state index in [4.69, 9.17) is 10.6 Å². The van der Waals surface area contributed by atoms with Crippen molar-refractivity contribution in [2.24, 2.45) is 5.84 Å². The van der Waals surface area contributed by atoms with Gasteiger partial charge in [0.2, 0.25) is 0 Å². The number of hydrogen-bond acceptors (Lipinski definition) is 3. The van der Waals surface area contributed by atoms with E-state index in [-0.39, 0.29) is 12.6 Å². The lowest BCUT2D eigenvalue weighted by Gasteiger charge is -2.26. The minimum absolute atomic E-state index is 0.0666. The number of alkyl halides is 2. The van der Waals surface area contributed by atoms with E-state index in [0.717, 1.165) is 5.56 Å². The van der Waals surface area contributed by atoms with Crippen molar-refractivity contribution in [1.29, 1.82) is 0 Å². The Morgan fingerprint density at radius 2 is 1.95 bits per heavy atom. The predicted molar refractivity (Wildman–Crippen MR) is 74.5 cm³/mol. The van der Waals surface area contributed by atoms with E-state index in [2.05, 4.69) is 29.7 Å². The van der Waals surface area contributed by atoms with Gasteiger partial charge in [-0.15, -0.1) is 0 Å². The zero-order valence-electron chi connectivity index (χ0n) is 11.5. The van der Waals surface area contributed by atoms with Crippen molar-refractivity contribution in [3.8, 4) is 0 Å². The summed E-state index contributed by atoms with van der Waals surface area (Å²) in [6.45, 7) is -0.249. The molecule has 1 saturated carbocycles. The second-order valence-corrected chi connectivity index (χ2v) is 5.27. The highest BCUT2D eigenvalue weighted by Crippen LogP contribution is 2.36. The maximum Gasteiger partial charge on any atom is 0.261 e. The van der Waals surface area contributed by atoms with Gasteiger partial charge in [0.25, 0.3) is 6.43 Å². The Hall–Kier alpha value is -1.04. The van der Waals surface area contributed by atoms with Crippen molar-refractivity contribution in [2.45, 2.75) is 44.1 Å². The summed E-state index contributed by atoms with van der Waals surface area (Å²) in [5, 5.41) is 0. The fourth-order valence-electron chi connectivity index (χ4n) is 2.46. The van der Waals surface area contributed by atoms with Gasteiger partial charge in [-0.05, 0) is 36.3 Å². The highest BCUT2D eigenvalue weighted by Gasteiger charge is 2.19. The summed E-state index contributed by atoms with van der Waals surface area (Å²) in [4.78, 5) is 0. The highest BCUT2D eigenvalue weighted by molar-refractivity contribution is 5.28. The van der Waals surface area contributed by atoms with Gasteiger partial charge >= 0.3 is 0 Å². The molecule has 1 fully saturated rings. The summed E-state index contributed by atoms with van der Waals surface area (Å²) in [5.41, 5.74) is 5.16. The molecule has 3 nitrogen and oxygen atoms in total. The molecule has 1 aliphatic rings. The van der Waals surface area contributed by atoms with Crippen LogP contribution in [-0.2, 0) is 4.74 Å². The first kappa shape index (κ1) is 15.4. The molecule has 0 radical (unpaired) electrons. The molecule has 1 unspecified atom stereocenters. The molecule has 0 aromatic heterocycles. The maximum atomic E-state index is 12.0. The van der Waals surface area contributed by atoms with Crippen LogP contribution in [0.5, 0.6) is 0 Å². The summed E-state index contributed by atoms with van der Waals surface area (Å²) < 4.78 is 28.8. The molecule has 1 aromatic carbocycles. The molecule has 0 bridgehead atoms. The molecule has 2 rings (SSSR count). The van der Waals surface area contributed by atoms with Gasteiger partial charge in [-0.2, -0.15) is 0 Å². The highest BCUT2D eigenvalue weighted by atomic mass is 19.3. The van der Waals surface area contributed by atoms with Gasteiger partial charge in [-0.1, -0.05) is 30.7 Å². The molecule has 20 heavy (non-hydrogen) atoms. The normalized spacial score (nSPS) is 17.2. The predicted octanol–water partition coefficient (Wildman–Crippen LogP) is 3.13. The van der Waals surface area contributed by atoms with Gasteiger partial charge < -0.3 is 4.74 Å². The van der Waals surface area contributed by atoms with Crippen LogP contribution >= 0.6 is 0 Å². The number of nitrogens with one attached hydrogen (secondary N) is 1. The van der Waals surface area contributed by atoms with Gasteiger partial charge in [0, 0.05) is 12.6 Å². The SMILES string of the molecule is NNC(CCOCC(F)F)c1ccc(C2CCC2)cc1. The minimum atomic E-state index is -2.42. The van der Waals surface area contributed by atoms with Crippen molar-refractivity contribution >= 4 is 0 Å². The number of hydrogen-bond donors (Lipinski definition) is 2. The third kappa shape index (κ3) is 4.23. The summed E-state index contributed by atoms with van der Waals surface area (Å²) in [5.74, 6) is 6.24. The lowest BCUT2D eigenvalue weighted by molar-refractivity contribution is 0.0143. The number of benzene rings is 1. The fraction of sp³-hybridized carbons (Fsp3) is 0.600. The molecule has 5 heteroatoms. The molecule has 0 aliphatic heterocycles. The summed E-state index contributed by atoms with van der Waals surface area (Å²) in [6.07, 6.45) is 2.03. The van der Waals surface area contributed by atoms with Crippen LogP contribution in [0.25, 0.3) is 0 Å². The van der Waals surface area contributed by atoms with E-state index in [0.29, 0.717) is 12.3 Å². The molecule has 1 aromatic rings. The monoisotopic (exact) mass is 284 g/mol.